The molecule has 5 nitrogen and oxygen atoms in total. The Morgan fingerprint density at radius 1 is 1.50 bits per heavy atom. The predicted octanol–water partition coefficient (Wildman–Crippen LogP) is -0.946. The highest BCUT2D eigenvalue weighted by atomic mass is 16.4. The molecule has 1 saturated carbocycles. The molecule has 0 aromatic carbocycles. The van der Waals surface area contributed by atoms with Crippen LogP contribution in [0.2, 0.25) is 0 Å². The van der Waals surface area contributed by atoms with Crippen LogP contribution in [0.3, 0.4) is 0 Å². The fourth-order valence-electron chi connectivity index (χ4n) is 1.68. The van der Waals surface area contributed by atoms with Gasteiger partial charge in [0.25, 0.3) is 0 Å². The van der Waals surface area contributed by atoms with E-state index in [1.165, 1.54) is 0 Å². The summed E-state index contributed by atoms with van der Waals surface area (Å²) in [5, 5.41) is 8.76. The van der Waals surface area contributed by atoms with E-state index in [0.717, 1.165) is 0 Å². The van der Waals surface area contributed by atoms with Gasteiger partial charge in [-0.15, -0.1) is 0 Å². The fraction of sp³-hybridized carbons (Fsp3) is 0.714. The highest BCUT2D eigenvalue weighted by Crippen LogP contribution is 2.33. The molecule has 1 aliphatic carbocycles. The Balaban J connectivity index is 2.89. The van der Waals surface area contributed by atoms with Crippen LogP contribution >= 0.6 is 0 Å². The maximum absolute atomic E-state index is 10.8. The van der Waals surface area contributed by atoms with Crippen molar-refractivity contribution in [1.82, 2.24) is 0 Å². The molecule has 2 unspecified atom stereocenters. The van der Waals surface area contributed by atoms with Gasteiger partial charge in [-0.3, -0.25) is 9.59 Å². The Morgan fingerprint density at radius 2 is 2.08 bits per heavy atom. The monoisotopic (exact) mass is 172 g/mol. The Kier molecular flexibility index (Phi) is 2.06. The molecular weight excluding hydrogens is 160 g/mol. The Labute approximate surface area is 69.7 Å². The topological polar surface area (TPSA) is 106 Å². The maximum atomic E-state index is 10.8. The zero-order valence-corrected chi connectivity index (χ0v) is 6.62. The number of carbonyl (C=O) groups excluding carboxylic acids is 1. The number of nitrogens with two attached hydrogens (primary N) is 2. The molecule has 12 heavy (non-hydrogen) atoms. The van der Waals surface area contributed by atoms with Crippen molar-refractivity contribution in [3.05, 3.63) is 0 Å². The summed E-state index contributed by atoms with van der Waals surface area (Å²) in [7, 11) is 0. The number of amides is 1. The largest absolute Gasteiger partial charge is 0.480 e. The van der Waals surface area contributed by atoms with Gasteiger partial charge in [-0.25, -0.2) is 0 Å². The van der Waals surface area contributed by atoms with Crippen LogP contribution in [0.1, 0.15) is 19.3 Å². The molecule has 0 bridgehead atoms. The summed E-state index contributed by atoms with van der Waals surface area (Å²) >= 11 is 0. The summed E-state index contributed by atoms with van der Waals surface area (Å²) in [6, 6.07) is 0. The van der Waals surface area contributed by atoms with Crippen molar-refractivity contribution in [2.75, 3.05) is 0 Å². The van der Waals surface area contributed by atoms with Crippen LogP contribution in [0.15, 0.2) is 0 Å². The molecule has 0 heterocycles. The first-order valence-corrected chi connectivity index (χ1v) is 3.80. The molecule has 1 rings (SSSR count). The van der Waals surface area contributed by atoms with Gasteiger partial charge in [0, 0.05) is 0 Å². The van der Waals surface area contributed by atoms with Crippen LogP contribution in [0, 0.1) is 5.92 Å². The van der Waals surface area contributed by atoms with Crippen LogP contribution in [0.4, 0.5) is 0 Å². The van der Waals surface area contributed by atoms with Gasteiger partial charge in [0.15, 0.2) is 0 Å². The predicted molar refractivity (Wildman–Crippen MR) is 41.1 cm³/mol. The van der Waals surface area contributed by atoms with E-state index in [1.807, 2.05) is 0 Å². The van der Waals surface area contributed by atoms with Crippen molar-refractivity contribution >= 4 is 11.9 Å². The summed E-state index contributed by atoms with van der Waals surface area (Å²) < 4.78 is 0. The quantitative estimate of drug-likeness (QED) is 0.499. The van der Waals surface area contributed by atoms with E-state index < -0.39 is 23.3 Å². The highest BCUT2D eigenvalue weighted by Gasteiger charge is 2.48. The summed E-state index contributed by atoms with van der Waals surface area (Å²) in [6.45, 7) is 0. The number of hydrogen-bond acceptors (Lipinski definition) is 3. The number of carboxylic acid groups (broad SMARTS) is 1. The molecular formula is C7H12N2O3. The third-order valence-corrected chi connectivity index (χ3v) is 2.45. The van der Waals surface area contributed by atoms with Gasteiger partial charge in [-0.05, 0) is 12.8 Å². The third kappa shape index (κ3) is 1.16. The van der Waals surface area contributed by atoms with Crippen LogP contribution in [-0.2, 0) is 9.59 Å². The zero-order valence-electron chi connectivity index (χ0n) is 6.62. The van der Waals surface area contributed by atoms with Gasteiger partial charge in [-0.2, -0.15) is 0 Å². The molecule has 1 aliphatic rings. The van der Waals surface area contributed by atoms with Crippen LogP contribution in [-0.4, -0.2) is 22.5 Å². The first-order valence-electron chi connectivity index (χ1n) is 3.80. The second kappa shape index (κ2) is 2.75. The zero-order chi connectivity index (χ0) is 9.35. The second-order valence-electron chi connectivity index (χ2n) is 3.19. The van der Waals surface area contributed by atoms with E-state index in [9.17, 15) is 9.59 Å². The fourth-order valence-corrected chi connectivity index (χ4v) is 1.68. The van der Waals surface area contributed by atoms with Crippen molar-refractivity contribution in [3.8, 4) is 0 Å². The molecule has 5 N–H and O–H groups in total. The second-order valence-corrected chi connectivity index (χ2v) is 3.19. The molecule has 68 valence electrons. The minimum absolute atomic E-state index is 0.329. The van der Waals surface area contributed by atoms with Crippen molar-refractivity contribution in [2.24, 2.45) is 17.4 Å². The van der Waals surface area contributed by atoms with E-state index in [-0.39, 0.29) is 0 Å². The van der Waals surface area contributed by atoms with Crippen molar-refractivity contribution < 1.29 is 14.7 Å². The van der Waals surface area contributed by atoms with E-state index in [4.69, 9.17) is 16.6 Å². The van der Waals surface area contributed by atoms with Crippen molar-refractivity contribution in [1.29, 1.82) is 0 Å². The Morgan fingerprint density at radius 3 is 2.42 bits per heavy atom. The smallest absolute Gasteiger partial charge is 0.324 e. The summed E-state index contributed by atoms with van der Waals surface area (Å²) in [6.07, 6.45) is 1.46. The molecule has 5 heteroatoms. The average Bonchev–Trinajstić information content (AvgIpc) is 2.32. The summed E-state index contributed by atoms with van der Waals surface area (Å²) in [5.74, 6) is -2.46. The molecule has 0 spiro atoms. The number of hydrogen-bond donors (Lipinski definition) is 3. The van der Waals surface area contributed by atoms with Crippen molar-refractivity contribution in [3.63, 3.8) is 0 Å². The summed E-state index contributed by atoms with van der Waals surface area (Å²) in [4.78, 5) is 21.5. The molecule has 1 fully saturated rings. The lowest BCUT2D eigenvalue weighted by Crippen LogP contribution is -2.54. The van der Waals surface area contributed by atoms with Gasteiger partial charge in [0.2, 0.25) is 5.91 Å². The standard InChI is InChI=1S/C7H12N2O3/c8-5(10)4-2-1-3-7(4,9)6(11)12/h4H,1-3,9H2,(H2,8,10)(H,11,12). The first-order chi connectivity index (χ1) is 5.48. The number of primary amides is 1. The molecule has 0 aromatic rings. The Bertz CT molecular complexity index is 229. The molecule has 2 atom stereocenters. The molecule has 1 amide bonds. The van der Waals surface area contributed by atoms with Crippen LogP contribution < -0.4 is 11.5 Å². The average molecular weight is 172 g/mol. The summed E-state index contributed by atoms with van der Waals surface area (Å²) in [5.41, 5.74) is 9.15. The number of carbonyl (C=O) groups is 2. The van der Waals surface area contributed by atoms with Gasteiger partial charge >= 0.3 is 5.97 Å². The lowest BCUT2D eigenvalue weighted by molar-refractivity contribution is -0.147. The molecule has 0 saturated heterocycles. The third-order valence-electron chi connectivity index (χ3n) is 2.45. The molecule has 0 aliphatic heterocycles. The Hall–Kier alpha value is -1.10. The minimum Gasteiger partial charge on any atom is -0.480 e. The lowest BCUT2D eigenvalue weighted by Gasteiger charge is -2.23. The van der Waals surface area contributed by atoms with E-state index >= 15 is 0 Å². The van der Waals surface area contributed by atoms with Crippen LogP contribution in [0.25, 0.3) is 0 Å². The van der Waals surface area contributed by atoms with Gasteiger partial charge in [-0.1, -0.05) is 6.42 Å². The number of aliphatic carboxylic acids is 1. The maximum Gasteiger partial charge on any atom is 0.324 e. The molecule has 0 aromatic heterocycles. The van der Waals surface area contributed by atoms with Crippen molar-refractivity contribution in [2.45, 2.75) is 24.8 Å². The highest BCUT2D eigenvalue weighted by molar-refractivity contribution is 5.89. The molecule has 0 radical (unpaired) electrons. The van der Waals surface area contributed by atoms with Gasteiger partial charge in [0.05, 0.1) is 5.92 Å². The van der Waals surface area contributed by atoms with Gasteiger partial charge < -0.3 is 16.6 Å². The van der Waals surface area contributed by atoms with Gasteiger partial charge in [0.1, 0.15) is 5.54 Å². The van der Waals surface area contributed by atoms with Crippen LogP contribution in [0.5, 0.6) is 0 Å². The first kappa shape index (κ1) is 8.99. The number of rotatable bonds is 2. The SMILES string of the molecule is NC(=O)C1CCCC1(N)C(=O)O. The normalized spacial score (nSPS) is 34.9. The van der Waals surface area contributed by atoms with E-state index in [1.54, 1.807) is 0 Å². The minimum atomic E-state index is -1.42. The van der Waals surface area contributed by atoms with E-state index in [2.05, 4.69) is 0 Å². The van der Waals surface area contributed by atoms with E-state index in [0.29, 0.717) is 19.3 Å². The number of carboxylic acids is 1. The lowest BCUT2D eigenvalue weighted by atomic mass is 9.88.